The normalized spacial score (nSPS) is 24.0. The van der Waals surface area contributed by atoms with Gasteiger partial charge in [-0.2, -0.15) is 0 Å². The van der Waals surface area contributed by atoms with Gasteiger partial charge in [-0.15, -0.1) is 0 Å². The number of amides is 2. The molecule has 0 unspecified atom stereocenters. The van der Waals surface area contributed by atoms with Gasteiger partial charge >= 0.3 is 0 Å². The molecule has 0 bridgehead atoms. The Balaban J connectivity index is 1.46. The molecule has 2 aliphatic carbocycles. The Morgan fingerprint density at radius 3 is 2.24 bits per heavy atom. The van der Waals surface area contributed by atoms with E-state index in [-0.39, 0.29) is 29.8 Å². The van der Waals surface area contributed by atoms with Crippen LogP contribution in [0.3, 0.4) is 0 Å². The van der Waals surface area contributed by atoms with E-state index in [2.05, 4.69) is 10.6 Å². The lowest BCUT2D eigenvalue weighted by Crippen LogP contribution is -2.40. The molecule has 136 valence electrons. The molecule has 0 atom stereocenters. The van der Waals surface area contributed by atoms with Gasteiger partial charge in [0.05, 0.1) is 0 Å². The van der Waals surface area contributed by atoms with Gasteiger partial charge in [-0.3, -0.25) is 9.59 Å². The van der Waals surface area contributed by atoms with Crippen LogP contribution in [0.2, 0.25) is 0 Å². The van der Waals surface area contributed by atoms with Crippen molar-refractivity contribution in [2.24, 2.45) is 11.7 Å². The standard InChI is InChI=1S/C20H29N3O2/c21-17-9-11-18(12-10-17)23-20(25)16-7-5-14(6-8-16)13-22-19(24)15-3-1-2-4-15/h5-8,15,17-18H,1-4,9-13,21H2,(H,22,24)(H,23,25). The quantitative estimate of drug-likeness (QED) is 0.768. The van der Waals surface area contributed by atoms with E-state index >= 15 is 0 Å². The van der Waals surface area contributed by atoms with E-state index in [1.807, 2.05) is 24.3 Å². The van der Waals surface area contributed by atoms with Crippen LogP contribution in [-0.2, 0) is 11.3 Å². The van der Waals surface area contributed by atoms with Crippen LogP contribution in [0.4, 0.5) is 0 Å². The lowest BCUT2D eigenvalue weighted by atomic mass is 9.91. The summed E-state index contributed by atoms with van der Waals surface area (Å²) in [4.78, 5) is 24.4. The second-order valence-corrected chi connectivity index (χ2v) is 7.48. The molecule has 0 heterocycles. The molecule has 4 N–H and O–H groups in total. The van der Waals surface area contributed by atoms with Crippen LogP contribution in [0.1, 0.15) is 67.3 Å². The average molecular weight is 343 g/mol. The number of carbonyl (C=O) groups is 2. The molecule has 2 fully saturated rings. The van der Waals surface area contributed by atoms with Crippen molar-refractivity contribution in [1.82, 2.24) is 10.6 Å². The molecule has 0 aromatic heterocycles. The van der Waals surface area contributed by atoms with Crippen molar-refractivity contribution in [2.45, 2.75) is 70.0 Å². The van der Waals surface area contributed by atoms with Gasteiger partial charge in [-0.25, -0.2) is 0 Å². The smallest absolute Gasteiger partial charge is 0.251 e. The fourth-order valence-corrected chi connectivity index (χ4v) is 3.83. The van der Waals surface area contributed by atoms with Gasteiger partial charge in [0, 0.05) is 30.1 Å². The highest BCUT2D eigenvalue weighted by Crippen LogP contribution is 2.24. The summed E-state index contributed by atoms with van der Waals surface area (Å²) in [5, 5.41) is 6.11. The maximum absolute atomic E-state index is 12.3. The van der Waals surface area contributed by atoms with Crippen LogP contribution in [-0.4, -0.2) is 23.9 Å². The van der Waals surface area contributed by atoms with Gasteiger partial charge in [-0.1, -0.05) is 25.0 Å². The van der Waals surface area contributed by atoms with E-state index in [0.29, 0.717) is 12.1 Å². The second-order valence-electron chi connectivity index (χ2n) is 7.48. The lowest BCUT2D eigenvalue weighted by Gasteiger charge is -2.26. The minimum Gasteiger partial charge on any atom is -0.352 e. The second kappa shape index (κ2) is 8.48. The molecule has 0 saturated heterocycles. The highest BCUT2D eigenvalue weighted by molar-refractivity contribution is 5.94. The molecule has 0 aliphatic heterocycles. The molecule has 1 aromatic carbocycles. The third kappa shape index (κ3) is 5.05. The number of carbonyl (C=O) groups excluding carboxylic acids is 2. The molecule has 2 amide bonds. The molecule has 3 rings (SSSR count). The zero-order valence-corrected chi connectivity index (χ0v) is 14.8. The van der Waals surface area contributed by atoms with E-state index in [1.165, 1.54) is 0 Å². The molecular formula is C20H29N3O2. The largest absolute Gasteiger partial charge is 0.352 e. The minimum absolute atomic E-state index is 0.0259. The number of nitrogens with two attached hydrogens (primary N) is 1. The first-order valence-corrected chi connectivity index (χ1v) is 9.55. The summed E-state index contributed by atoms with van der Waals surface area (Å²) in [6, 6.07) is 8.02. The summed E-state index contributed by atoms with van der Waals surface area (Å²) in [5.74, 6) is 0.325. The summed E-state index contributed by atoms with van der Waals surface area (Å²) < 4.78 is 0. The lowest BCUT2D eigenvalue weighted by molar-refractivity contribution is -0.124. The van der Waals surface area contributed by atoms with Gasteiger partial charge in [0.2, 0.25) is 5.91 Å². The van der Waals surface area contributed by atoms with E-state index in [0.717, 1.165) is 56.9 Å². The molecule has 5 nitrogen and oxygen atoms in total. The highest BCUT2D eigenvalue weighted by atomic mass is 16.2. The zero-order valence-electron chi connectivity index (χ0n) is 14.8. The van der Waals surface area contributed by atoms with Gasteiger partial charge in [-0.05, 0) is 56.2 Å². The first kappa shape index (κ1) is 17.9. The number of benzene rings is 1. The summed E-state index contributed by atoms with van der Waals surface area (Å²) in [7, 11) is 0. The van der Waals surface area contributed by atoms with E-state index in [1.54, 1.807) is 0 Å². The Kier molecular flexibility index (Phi) is 6.08. The summed E-state index contributed by atoms with van der Waals surface area (Å²) >= 11 is 0. The van der Waals surface area contributed by atoms with E-state index in [9.17, 15) is 9.59 Å². The number of hydrogen-bond donors (Lipinski definition) is 3. The third-order valence-electron chi connectivity index (χ3n) is 5.52. The van der Waals surface area contributed by atoms with Gasteiger partial charge in [0.1, 0.15) is 0 Å². The maximum atomic E-state index is 12.3. The Morgan fingerprint density at radius 2 is 1.60 bits per heavy atom. The van der Waals surface area contributed by atoms with E-state index < -0.39 is 0 Å². The van der Waals surface area contributed by atoms with Gasteiger partial charge < -0.3 is 16.4 Å². The van der Waals surface area contributed by atoms with Crippen molar-refractivity contribution in [3.05, 3.63) is 35.4 Å². The topological polar surface area (TPSA) is 84.2 Å². The van der Waals surface area contributed by atoms with Crippen molar-refractivity contribution >= 4 is 11.8 Å². The Morgan fingerprint density at radius 1 is 0.960 bits per heavy atom. The molecule has 0 spiro atoms. The predicted molar refractivity (Wildman–Crippen MR) is 97.9 cm³/mol. The maximum Gasteiger partial charge on any atom is 0.251 e. The van der Waals surface area contributed by atoms with Crippen LogP contribution < -0.4 is 16.4 Å². The van der Waals surface area contributed by atoms with Crippen molar-refractivity contribution in [3.63, 3.8) is 0 Å². The van der Waals surface area contributed by atoms with Gasteiger partial charge in [0.25, 0.3) is 5.91 Å². The SMILES string of the molecule is NC1CCC(NC(=O)c2ccc(CNC(=O)C3CCCC3)cc2)CC1. The zero-order chi connectivity index (χ0) is 17.6. The molecule has 1 aromatic rings. The summed E-state index contributed by atoms with van der Waals surface area (Å²) in [6.45, 7) is 0.526. The highest BCUT2D eigenvalue weighted by Gasteiger charge is 2.22. The van der Waals surface area contributed by atoms with Crippen LogP contribution in [0.15, 0.2) is 24.3 Å². The third-order valence-corrected chi connectivity index (χ3v) is 5.52. The number of rotatable bonds is 5. The first-order chi connectivity index (χ1) is 12.1. The first-order valence-electron chi connectivity index (χ1n) is 9.55. The van der Waals surface area contributed by atoms with Crippen molar-refractivity contribution in [2.75, 3.05) is 0 Å². The van der Waals surface area contributed by atoms with Crippen LogP contribution in [0, 0.1) is 5.92 Å². The fourth-order valence-electron chi connectivity index (χ4n) is 3.83. The monoisotopic (exact) mass is 343 g/mol. The van der Waals surface area contributed by atoms with E-state index in [4.69, 9.17) is 5.73 Å². The summed E-state index contributed by atoms with van der Waals surface area (Å²) in [5.41, 5.74) is 7.59. The van der Waals surface area contributed by atoms with Gasteiger partial charge in [0.15, 0.2) is 0 Å². The molecule has 5 heteroatoms. The Bertz CT molecular complexity index is 585. The summed E-state index contributed by atoms with van der Waals surface area (Å²) in [6.07, 6.45) is 8.21. The van der Waals surface area contributed by atoms with Crippen LogP contribution in [0.5, 0.6) is 0 Å². The molecule has 25 heavy (non-hydrogen) atoms. The van der Waals surface area contributed by atoms with Crippen molar-refractivity contribution < 1.29 is 9.59 Å². The Labute approximate surface area is 149 Å². The molecule has 2 saturated carbocycles. The Hall–Kier alpha value is -1.88. The number of hydrogen-bond acceptors (Lipinski definition) is 3. The van der Waals surface area contributed by atoms with Crippen LogP contribution >= 0.6 is 0 Å². The molecule has 2 aliphatic rings. The predicted octanol–water partition coefficient (Wildman–Crippen LogP) is 2.49. The van der Waals surface area contributed by atoms with Crippen molar-refractivity contribution in [3.8, 4) is 0 Å². The van der Waals surface area contributed by atoms with Crippen LogP contribution in [0.25, 0.3) is 0 Å². The van der Waals surface area contributed by atoms with Crippen molar-refractivity contribution in [1.29, 1.82) is 0 Å². The molecule has 0 radical (unpaired) electrons. The average Bonchev–Trinajstić information content (AvgIpc) is 3.17. The fraction of sp³-hybridized carbons (Fsp3) is 0.600. The minimum atomic E-state index is -0.0259. The molecular weight excluding hydrogens is 314 g/mol. The number of nitrogens with one attached hydrogen (secondary N) is 2.